The number of nitrogen functional groups attached to an aromatic ring is 1. The lowest BCUT2D eigenvalue weighted by atomic mass is 10.1. The van der Waals surface area contributed by atoms with Gasteiger partial charge >= 0.3 is 0 Å². The number of nitrogens with one attached hydrogen (secondary N) is 1. The lowest BCUT2D eigenvalue weighted by molar-refractivity contribution is 0.414. The molecule has 0 fully saturated rings. The number of nitrogens with zero attached hydrogens (tertiary/aromatic N) is 3. The van der Waals surface area contributed by atoms with Crippen molar-refractivity contribution in [1.29, 1.82) is 0 Å². The van der Waals surface area contributed by atoms with Crippen LogP contribution in [0.5, 0.6) is 5.75 Å². The number of halogens is 1. The fraction of sp³-hybridized carbons (Fsp3) is 0.250. The van der Waals surface area contributed by atoms with E-state index in [-0.39, 0.29) is 17.3 Å². The molecule has 0 aliphatic rings. The van der Waals surface area contributed by atoms with Crippen molar-refractivity contribution in [2.75, 3.05) is 18.2 Å². The van der Waals surface area contributed by atoms with Gasteiger partial charge in [0.1, 0.15) is 5.75 Å². The van der Waals surface area contributed by atoms with Crippen molar-refractivity contribution in [2.45, 2.75) is 13.0 Å². The number of hydrogen-bond acceptors (Lipinski definition) is 6. The molecule has 1 aromatic heterocycles. The van der Waals surface area contributed by atoms with Gasteiger partial charge in [-0.2, -0.15) is 15.0 Å². The summed E-state index contributed by atoms with van der Waals surface area (Å²) in [6.07, 6.45) is 0. The number of aromatic nitrogens is 3. The lowest BCUT2D eigenvalue weighted by Crippen LogP contribution is -2.11. The first kappa shape index (κ1) is 13.4. The van der Waals surface area contributed by atoms with E-state index in [1.807, 2.05) is 31.2 Å². The first-order valence-electron chi connectivity index (χ1n) is 5.66. The first-order valence-corrected chi connectivity index (χ1v) is 6.04. The molecular weight excluding hydrogens is 266 g/mol. The van der Waals surface area contributed by atoms with Crippen LogP contribution in [0.2, 0.25) is 5.28 Å². The monoisotopic (exact) mass is 279 g/mol. The van der Waals surface area contributed by atoms with Crippen molar-refractivity contribution in [3.05, 3.63) is 35.1 Å². The zero-order valence-corrected chi connectivity index (χ0v) is 11.3. The summed E-state index contributed by atoms with van der Waals surface area (Å²) in [7, 11) is 1.63. The Balaban J connectivity index is 2.13. The van der Waals surface area contributed by atoms with E-state index in [2.05, 4.69) is 20.3 Å². The lowest BCUT2D eigenvalue weighted by Gasteiger charge is -2.14. The Labute approximate surface area is 116 Å². The Morgan fingerprint density at radius 1 is 1.21 bits per heavy atom. The quantitative estimate of drug-likeness (QED) is 0.893. The fourth-order valence-corrected chi connectivity index (χ4v) is 1.77. The molecule has 0 radical (unpaired) electrons. The summed E-state index contributed by atoms with van der Waals surface area (Å²) in [5.74, 6) is 1.24. The molecular formula is C12H14ClN5O. The molecule has 0 amide bonds. The Hall–Kier alpha value is -2.08. The number of methoxy groups -OCH3 is 1. The van der Waals surface area contributed by atoms with Crippen LogP contribution in [0.3, 0.4) is 0 Å². The van der Waals surface area contributed by atoms with E-state index < -0.39 is 0 Å². The summed E-state index contributed by atoms with van der Waals surface area (Å²) < 4.78 is 5.11. The van der Waals surface area contributed by atoms with Gasteiger partial charge in [0.2, 0.25) is 17.2 Å². The molecule has 2 rings (SSSR count). The van der Waals surface area contributed by atoms with Crippen LogP contribution in [0.4, 0.5) is 11.9 Å². The third kappa shape index (κ3) is 3.45. The van der Waals surface area contributed by atoms with Crippen molar-refractivity contribution in [1.82, 2.24) is 15.0 Å². The number of benzene rings is 1. The zero-order chi connectivity index (χ0) is 13.8. The smallest absolute Gasteiger partial charge is 0.229 e. The van der Waals surface area contributed by atoms with Gasteiger partial charge in [0, 0.05) is 0 Å². The van der Waals surface area contributed by atoms with Gasteiger partial charge in [0.25, 0.3) is 0 Å². The number of rotatable bonds is 4. The molecule has 0 bridgehead atoms. The van der Waals surface area contributed by atoms with Crippen LogP contribution in [0.1, 0.15) is 18.5 Å². The Bertz CT molecular complexity index is 540. The van der Waals surface area contributed by atoms with E-state index >= 15 is 0 Å². The molecule has 1 atom stereocenters. The Kier molecular flexibility index (Phi) is 4.01. The largest absolute Gasteiger partial charge is 0.497 e. The third-order valence-electron chi connectivity index (χ3n) is 2.59. The Morgan fingerprint density at radius 3 is 2.47 bits per heavy atom. The van der Waals surface area contributed by atoms with Crippen molar-refractivity contribution in [3.63, 3.8) is 0 Å². The summed E-state index contributed by atoms with van der Waals surface area (Å²) in [6, 6.07) is 7.71. The molecule has 3 N–H and O–H groups in total. The maximum atomic E-state index is 5.72. The standard InChI is InChI=1S/C12H14ClN5O/c1-7(8-3-5-9(19-2)6-4-8)15-12-17-10(13)16-11(14)18-12/h3-7H,1-2H3,(H3,14,15,16,17,18). The minimum absolute atomic E-state index is 0.00349. The van der Waals surface area contributed by atoms with E-state index in [4.69, 9.17) is 22.1 Å². The van der Waals surface area contributed by atoms with E-state index in [9.17, 15) is 0 Å². The van der Waals surface area contributed by atoms with Gasteiger partial charge < -0.3 is 15.8 Å². The molecule has 0 spiro atoms. The molecule has 1 unspecified atom stereocenters. The summed E-state index contributed by atoms with van der Waals surface area (Å²) in [4.78, 5) is 11.6. The summed E-state index contributed by atoms with van der Waals surface area (Å²) >= 11 is 5.72. The molecule has 0 aliphatic carbocycles. The third-order valence-corrected chi connectivity index (χ3v) is 2.76. The molecule has 19 heavy (non-hydrogen) atoms. The predicted octanol–water partition coefficient (Wildman–Crippen LogP) is 2.29. The second kappa shape index (κ2) is 5.71. The van der Waals surface area contributed by atoms with Crippen molar-refractivity contribution >= 4 is 23.5 Å². The highest BCUT2D eigenvalue weighted by molar-refractivity contribution is 6.28. The topological polar surface area (TPSA) is 86.0 Å². The number of ether oxygens (including phenoxy) is 1. The van der Waals surface area contributed by atoms with E-state index in [0.717, 1.165) is 11.3 Å². The van der Waals surface area contributed by atoms with Crippen molar-refractivity contribution < 1.29 is 4.74 Å². The van der Waals surface area contributed by atoms with Crippen LogP contribution in [0, 0.1) is 0 Å². The normalized spacial score (nSPS) is 11.9. The molecule has 1 aromatic carbocycles. The minimum Gasteiger partial charge on any atom is -0.497 e. The highest BCUT2D eigenvalue weighted by Crippen LogP contribution is 2.20. The summed E-state index contributed by atoms with van der Waals surface area (Å²) in [5, 5.41) is 3.18. The molecule has 100 valence electrons. The SMILES string of the molecule is COc1ccc(C(C)Nc2nc(N)nc(Cl)n2)cc1. The maximum absolute atomic E-state index is 5.72. The van der Waals surface area contributed by atoms with Gasteiger partial charge in [-0.1, -0.05) is 12.1 Å². The fourth-order valence-electron chi connectivity index (χ4n) is 1.60. The molecule has 1 heterocycles. The van der Waals surface area contributed by atoms with Crippen molar-refractivity contribution in [2.24, 2.45) is 0 Å². The van der Waals surface area contributed by atoms with Crippen LogP contribution in [0.25, 0.3) is 0 Å². The van der Waals surface area contributed by atoms with E-state index in [0.29, 0.717) is 5.95 Å². The predicted molar refractivity (Wildman–Crippen MR) is 74.3 cm³/mol. The molecule has 0 saturated carbocycles. The molecule has 6 nitrogen and oxygen atoms in total. The van der Waals surface area contributed by atoms with Gasteiger partial charge in [-0.3, -0.25) is 0 Å². The average Bonchev–Trinajstić information content (AvgIpc) is 2.37. The van der Waals surface area contributed by atoms with E-state index in [1.54, 1.807) is 7.11 Å². The minimum atomic E-state index is 0.00349. The summed E-state index contributed by atoms with van der Waals surface area (Å²) in [6.45, 7) is 1.98. The molecule has 0 saturated heterocycles. The van der Waals surface area contributed by atoms with E-state index in [1.165, 1.54) is 0 Å². The second-order valence-electron chi connectivity index (χ2n) is 3.93. The first-order chi connectivity index (χ1) is 9.08. The van der Waals surface area contributed by atoms with Gasteiger partial charge in [-0.25, -0.2) is 0 Å². The van der Waals surface area contributed by atoms with Crippen molar-refractivity contribution in [3.8, 4) is 5.75 Å². The Morgan fingerprint density at radius 2 is 1.89 bits per heavy atom. The zero-order valence-electron chi connectivity index (χ0n) is 10.6. The van der Waals surface area contributed by atoms with Gasteiger partial charge in [-0.05, 0) is 36.2 Å². The number of nitrogens with two attached hydrogens (primary N) is 1. The molecule has 0 aliphatic heterocycles. The van der Waals surface area contributed by atoms with Gasteiger partial charge in [0.15, 0.2) is 0 Å². The van der Waals surface area contributed by atoms with Crippen LogP contribution in [-0.2, 0) is 0 Å². The maximum Gasteiger partial charge on any atom is 0.229 e. The number of hydrogen-bond donors (Lipinski definition) is 2. The highest BCUT2D eigenvalue weighted by atomic mass is 35.5. The summed E-state index contributed by atoms with van der Waals surface area (Å²) in [5.41, 5.74) is 6.57. The molecule has 7 heteroatoms. The highest BCUT2D eigenvalue weighted by Gasteiger charge is 2.09. The van der Waals surface area contributed by atoms with Crippen LogP contribution in [0.15, 0.2) is 24.3 Å². The number of anilines is 2. The van der Waals surface area contributed by atoms with Crippen LogP contribution < -0.4 is 15.8 Å². The molecule has 2 aromatic rings. The van der Waals surface area contributed by atoms with Crippen LogP contribution >= 0.6 is 11.6 Å². The second-order valence-corrected chi connectivity index (χ2v) is 4.26. The average molecular weight is 280 g/mol. The van der Waals surface area contributed by atoms with Gasteiger partial charge in [-0.15, -0.1) is 0 Å². The van der Waals surface area contributed by atoms with Gasteiger partial charge in [0.05, 0.1) is 13.2 Å². The van der Waals surface area contributed by atoms with Crippen LogP contribution in [-0.4, -0.2) is 22.1 Å².